The van der Waals surface area contributed by atoms with Crippen LogP contribution in [0.2, 0.25) is 5.02 Å². The summed E-state index contributed by atoms with van der Waals surface area (Å²) in [4.78, 5) is 0. The third-order valence-electron chi connectivity index (χ3n) is 2.31. The molecule has 0 unspecified atom stereocenters. The molecule has 0 aromatic heterocycles. The van der Waals surface area contributed by atoms with Crippen molar-refractivity contribution in [2.24, 2.45) is 5.73 Å². The van der Waals surface area contributed by atoms with E-state index < -0.39 is 11.6 Å². The molecule has 1 rings (SSSR count). The molecular weight excluding hydrogens is 220 g/mol. The van der Waals surface area contributed by atoms with Gasteiger partial charge in [-0.3, -0.25) is 0 Å². The molecular formula is C11H14ClF2N. The Labute approximate surface area is 93.2 Å². The van der Waals surface area contributed by atoms with E-state index in [0.29, 0.717) is 24.9 Å². The number of rotatable bonds is 4. The van der Waals surface area contributed by atoms with Gasteiger partial charge in [-0.1, -0.05) is 11.6 Å². The summed E-state index contributed by atoms with van der Waals surface area (Å²) in [6.45, 7) is 2.11. The Morgan fingerprint density at radius 1 is 1.27 bits per heavy atom. The lowest BCUT2D eigenvalue weighted by Crippen LogP contribution is -2.03. The fraction of sp³-hybridized carbons (Fsp3) is 0.455. The number of unbranched alkanes of at least 4 members (excludes halogenated alkanes) is 1. The van der Waals surface area contributed by atoms with Gasteiger partial charge in [0, 0.05) is 5.56 Å². The molecule has 0 saturated carbocycles. The molecule has 0 aliphatic heterocycles. The predicted octanol–water partition coefficient (Wildman–Crippen LogP) is 3.21. The second kappa shape index (κ2) is 5.42. The zero-order chi connectivity index (χ0) is 11.4. The average molecular weight is 234 g/mol. The van der Waals surface area contributed by atoms with Crippen LogP contribution in [0.15, 0.2) is 6.07 Å². The Kier molecular flexibility index (Phi) is 4.48. The summed E-state index contributed by atoms with van der Waals surface area (Å²) in [7, 11) is 0. The summed E-state index contributed by atoms with van der Waals surface area (Å²) in [5.74, 6) is -1.13. The number of hydrogen-bond donors (Lipinski definition) is 1. The first-order valence-corrected chi connectivity index (χ1v) is 5.28. The molecule has 1 nitrogen and oxygen atoms in total. The molecule has 1 aromatic rings. The molecule has 0 bridgehead atoms. The maximum atomic E-state index is 13.5. The average Bonchev–Trinajstić information content (AvgIpc) is 2.20. The van der Waals surface area contributed by atoms with Gasteiger partial charge in [-0.15, -0.1) is 0 Å². The Morgan fingerprint density at radius 3 is 2.53 bits per heavy atom. The molecule has 0 radical (unpaired) electrons. The standard InChI is InChI=1S/C11H14ClF2N/c1-7-6-9(12)11(14)8(10(7)13)4-2-3-5-15/h6H,2-5,15H2,1H3. The van der Waals surface area contributed by atoms with Gasteiger partial charge in [-0.05, 0) is 44.4 Å². The van der Waals surface area contributed by atoms with E-state index in [-0.39, 0.29) is 10.6 Å². The second-order valence-corrected chi connectivity index (χ2v) is 3.93. The first kappa shape index (κ1) is 12.4. The first-order chi connectivity index (χ1) is 7.07. The van der Waals surface area contributed by atoms with E-state index in [1.54, 1.807) is 6.92 Å². The van der Waals surface area contributed by atoms with E-state index in [1.165, 1.54) is 6.07 Å². The fourth-order valence-electron chi connectivity index (χ4n) is 1.46. The quantitative estimate of drug-likeness (QED) is 0.627. The van der Waals surface area contributed by atoms with Crippen LogP contribution in [0.4, 0.5) is 8.78 Å². The predicted molar refractivity (Wildman–Crippen MR) is 58.1 cm³/mol. The van der Waals surface area contributed by atoms with Crippen molar-refractivity contribution >= 4 is 11.6 Å². The highest BCUT2D eigenvalue weighted by Crippen LogP contribution is 2.25. The van der Waals surface area contributed by atoms with Crippen LogP contribution in [0.5, 0.6) is 0 Å². The van der Waals surface area contributed by atoms with Crippen LogP contribution >= 0.6 is 11.6 Å². The van der Waals surface area contributed by atoms with E-state index in [0.717, 1.165) is 6.42 Å². The summed E-state index contributed by atoms with van der Waals surface area (Å²) in [6.07, 6.45) is 1.77. The molecule has 84 valence electrons. The summed E-state index contributed by atoms with van der Waals surface area (Å²) in [5, 5.41) is -0.0170. The van der Waals surface area contributed by atoms with Gasteiger partial charge in [0.05, 0.1) is 5.02 Å². The van der Waals surface area contributed by atoms with Gasteiger partial charge in [0.15, 0.2) is 0 Å². The summed E-state index contributed by atoms with van der Waals surface area (Å²) < 4.78 is 27.0. The molecule has 0 saturated heterocycles. The Balaban J connectivity index is 2.94. The Bertz CT molecular complexity index is 327. The maximum Gasteiger partial charge on any atom is 0.147 e. The second-order valence-electron chi connectivity index (χ2n) is 3.53. The maximum absolute atomic E-state index is 13.5. The molecule has 0 atom stereocenters. The summed E-state index contributed by atoms with van der Waals surface area (Å²) >= 11 is 5.64. The lowest BCUT2D eigenvalue weighted by molar-refractivity contribution is 0.542. The minimum Gasteiger partial charge on any atom is -0.330 e. The van der Waals surface area contributed by atoms with Crippen LogP contribution in [0, 0.1) is 18.6 Å². The van der Waals surface area contributed by atoms with Crippen LogP contribution in [0.3, 0.4) is 0 Å². The van der Waals surface area contributed by atoms with Gasteiger partial charge >= 0.3 is 0 Å². The smallest absolute Gasteiger partial charge is 0.147 e. The van der Waals surface area contributed by atoms with Crippen LogP contribution < -0.4 is 5.73 Å². The van der Waals surface area contributed by atoms with Crippen molar-refractivity contribution < 1.29 is 8.78 Å². The van der Waals surface area contributed by atoms with Crippen LogP contribution in [-0.4, -0.2) is 6.54 Å². The number of aryl methyl sites for hydroxylation is 1. The van der Waals surface area contributed by atoms with Crippen LogP contribution in [0.1, 0.15) is 24.0 Å². The van der Waals surface area contributed by atoms with Crippen molar-refractivity contribution in [2.45, 2.75) is 26.2 Å². The van der Waals surface area contributed by atoms with Crippen LogP contribution in [-0.2, 0) is 6.42 Å². The van der Waals surface area contributed by atoms with E-state index >= 15 is 0 Å². The van der Waals surface area contributed by atoms with Gasteiger partial charge in [-0.25, -0.2) is 8.78 Å². The highest BCUT2D eigenvalue weighted by atomic mass is 35.5. The van der Waals surface area contributed by atoms with Gasteiger partial charge in [0.2, 0.25) is 0 Å². The minimum atomic E-state index is -0.642. The summed E-state index contributed by atoms with van der Waals surface area (Å²) in [6, 6.07) is 1.30. The van der Waals surface area contributed by atoms with Crippen molar-refractivity contribution in [3.8, 4) is 0 Å². The number of hydrogen-bond acceptors (Lipinski definition) is 1. The monoisotopic (exact) mass is 233 g/mol. The number of benzene rings is 1. The van der Waals surface area contributed by atoms with E-state index in [4.69, 9.17) is 17.3 Å². The summed E-state index contributed by atoms with van der Waals surface area (Å²) in [5.41, 5.74) is 5.77. The third kappa shape index (κ3) is 2.89. The third-order valence-corrected chi connectivity index (χ3v) is 2.58. The zero-order valence-electron chi connectivity index (χ0n) is 8.62. The highest BCUT2D eigenvalue weighted by Gasteiger charge is 2.14. The molecule has 1 aromatic carbocycles. The molecule has 15 heavy (non-hydrogen) atoms. The van der Waals surface area contributed by atoms with Crippen LogP contribution in [0.25, 0.3) is 0 Å². The molecule has 2 N–H and O–H groups in total. The highest BCUT2D eigenvalue weighted by molar-refractivity contribution is 6.30. The van der Waals surface area contributed by atoms with Crippen molar-refractivity contribution in [3.63, 3.8) is 0 Å². The number of halogens is 3. The van der Waals surface area contributed by atoms with Crippen molar-refractivity contribution in [1.29, 1.82) is 0 Å². The Morgan fingerprint density at radius 2 is 1.93 bits per heavy atom. The van der Waals surface area contributed by atoms with E-state index in [9.17, 15) is 8.78 Å². The lowest BCUT2D eigenvalue weighted by atomic mass is 10.0. The topological polar surface area (TPSA) is 26.0 Å². The van der Waals surface area contributed by atoms with Gasteiger partial charge in [0.1, 0.15) is 11.6 Å². The number of nitrogens with two attached hydrogens (primary N) is 1. The van der Waals surface area contributed by atoms with Crippen molar-refractivity contribution in [3.05, 3.63) is 33.9 Å². The fourth-order valence-corrected chi connectivity index (χ4v) is 1.74. The van der Waals surface area contributed by atoms with Gasteiger partial charge < -0.3 is 5.73 Å². The first-order valence-electron chi connectivity index (χ1n) is 4.91. The minimum absolute atomic E-state index is 0.0170. The lowest BCUT2D eigenvalue weighted by Gasteiger charge is -2.08. The molecule has 0 aliphatic carbocycles. The molecule has 4 heteroatoms. The van der Waals surface area contributed by atoms with Gasteiger partial charge in [0.25, 0.3) is 0 Å². The van der Waals surface area contributed by atoms with Gasteiger partial charge in [-0.2, -0.15) is 0 Å². The molecule has 0 aliphatic rings. The molecule has 0 fully saturated rings. The molecule has 0 amide bonds. The normalized spacial score (nSPS) is 10.7. The van der Waals surface area contributed by atoms with E-state index in [2.05, 4.69) is 0 Å². The molecule has 0 spiro atoms. The Hall–Kier alpha value is -0.670. The van der Waals surface area contributed by atoms with E-state index in [1.807, 2.05) is 0 Å². The van der Waals surface area contributed by atoms with Crippen molar-refractivity contribution in [2.75, 3.05) is 6.54 Å². The SMILES string of the molecule is Cc1cc(Cl)c(F)c(CCCCN)c1F. The molecule has 0 heterocycles. The van der Waals surface area contributed by atoms with Crippen molar-refractivity contribution in [1.82, 2.24) is 0 Å². The zero-order valence-corrected chi connectivity index (χ0v) is 9.37. The largest absolute Gasteiger partial charge is 0.330 e.